The van der Waals surface area contributed by atoms with Crippen molar-refractivity contribution >= 4 is 11.7 Å². The molecular weight excluding hydrogens is 204 g/mol. The van der Waals surface area contributed by atoms with Crippen molar-refractivity contribution in [3.05, 3.63) is 29.8 Å². The minimum Gasteiger partial charge on any atom is -0.481 e. The van der Waals surface area contributed by atoms with Crippen molar-refractivity contribution in [3.8, 4) is 6.07 Å². The van der Waals surface area contributed by atoms with Gasteiger partial charge in [0.15, 0.2) is 0 Å². The second-order valence-electron chi connectivity index (χ2n) is 3.56. The van der Waals surface area contributed by atoms with Crippen molar-refractivity contribution in [1.29, 1.82) is 5.26 Å². The van der Waals surface area contributed by atoms with E-state index in [9.17, 15) is 4.79 Å². The zero-order chi connectivity index (χ0) is 12.0. The SMILES string of the molecule is Cc1ccc(N(CC#N)CCC(=O)O)cc1. The average Bonchev–Trinajstić information content (AvgIpc) is 2.25. The first-order valence-electron chi connectivity index (χ1n) is 5.04. The molecule has 16 heavy (non-hydrogen) atoms. The Morgan fingerprint density at radius 2 is 2.06 bits per heavy atom. The second-order valence-corrected chi connectivity index (χ2v) is 3.56. The molecule has 1 N–H and O–H groups in total. The Labute approximate surface area is 94.7 Å². The van der Waals surface area contributed by atoms with Crippen molar-refractivity contribution in [1.82, 2.24) is 0 Å². The summed E-state index contributed by atoms with van der Waals surface area (Å²) < 4.78 is 0. The number of carboxylic acids is 1. The number of benzene rings is 1. The maximum atomic E-state index is 10.5. The molecule has 4 heteroatoms. The van der Waals surface area contributed by atoms with Gasteiger partial charge in [0.1, 0.15) is 6.54 Å². The number of carbonyl (C=O) groups is 1. The molecule has 0 bridgehead atoms. The molecule has 84 valence electrons. The second kappa shape index (κ2) is 5.76. The van der Waals surface area contributed by atoms with Gasteiger partial charge < -0.3 is 10.0 Å². The number of hydrogen-bond acceptors (Lipinski definition) is 3. The highest BCUT2D eigenvalue weighted by Crippen LogP contribution is 2.14. The molecule has 0 amide bonds. The lowest BCUT2D eigenvalue weighted by molar-refractivity contribution is -0.136. The van der Waals surface area contributed by atoms with Gasteiger partial charge in [-0.15, -0.1) is 0 Å². The Bertz CT molecular complexity index is 392. The number of carboxylic acid groups (broad SMARTS) is 1. The number of nitriles is 1. The van der Waals surface area contributed by atoms with E-state index in [0.717, 1.165) is 11.3 Å². The Balaban J connectivity index is 2.73. The molecule has 0 heterocycles. The maximum Gasteiger partial charge on any atom is 0.305 e. The monoisotopic (exact) mass is 218 g/mol. The fourth-order valence-corrected chi connectivity index (χ4v) is 1.37. The largest absolute Gasteiger partial charge is 0.481 e. The molecule has 1 aromatic rings. The number of rotatable bonds is 5. The van der Waals surface area contributed by atoms with E-state index in [4.69, 9.17) is 10.4 Å². The summed E-state index contributed by atoms with van der Waals surface area (Å²) in [5.41, 5.74) is 2.02. The number of aryl methyl sites for hydroxylation is 1. The first-order chi connectivity index (χ1) is 7.63. The van der Waals surface area contributed by atoms with Gasteiger partial charge in [0.25, 0.3) is 0 Å². The lowest BCUT2D eigenvalue weighted by Gasteiger charge is -2.20. The van der Waals surface area contributed by atoms with Gasteiger partial charge in [-0.1, -0.05) is 17.7 Å². The summed E-state index contributed by atoms with van der Waals surface area (Å²) in [5, 5.41) is 17.3. The molecule has 0 aliphatic rings. The molecule has 0 fully saturated rings. The summed E-state index contributed by atoms with van der Waals surface area (Å²) in [6.07, 6.45) is 0.0373. The fraction of sp³-hybridized carbons (Fsp3) is 0.333. The van der Waals surface area contributed by atoms with Gasteiger partial charge in [0.05, 0.1) is 12.5 Å². The van der Waals surface area contributed by atoms with Crippen molar-refractivity contribution in [2.75, 3.05) is 18.0 Å². The lowest BCUT2D eigenvalue weighted by Crippen LogP contribution is -2.26. The fourth-order valence-electron chi connectivity index (χ4n) is 1.37. The van der Waals surface area contributed by atoms with Gasteiger partial charge in [0.2, 0.25) is 0 Å². The number of aliphatic carboxylic acids is 1. The highest BCUT2D eigenvalue weighted by atomic mass is 16.4. The van der Waals surface area contributed by atoms with Crippen LogP contribution in [0.4, 0.5) is 5.69 Å². The zero-order valence-electron chi connectivity index (χ0n) is 9.18. The average molecular weight is 218 g/mol. The summed E-state index contributed by atoms with van der Waals surface area (Å²) in [4.78, 5) is 12.2. The molecule has 4 nitrogen and oxygen atoms in total. The minimum absolute atomic E-state index is 0.0373. The van der Waals surface area contributed by atoms with Crippen molar-refractivity contribution in [3.63, 3.8) is 0 Å². The minimum atomic E-state index is -0.852. The summed E-state index contributed by atoms with van der Waals surface area (Å²) in [7, 11) is 0. The van der Waals surface area contributed by atoms with E-state index in [1.54, 1.807) is 4.90 Å². The standard InChI is InChI=1S/C12H14N2O2/c1-10-2-4-11(5-3-10)14(9-7-13)8-6-12(15)16/h2-5H,6,8-9H2,1H3,(H,15,16). The van der Waals surface area contributed by atoms with Crippen LogP contribution in [0.1, 0.15) is 12.0 Å². The normalized spacial score (nSPS) is 9.50. The predicted molar refractivity (Wildman–Crippen MR) is 61.3 cm³/mol. The number of hydrogen-bond donors (Lipinski definition) is 1. The Morgan fingerprint density at radius 1 is 1.44 bits per heavy atom. The van der Waals surface area contributed by atoms with Crippen LogP contribution in [-0.4, -0.2) is 24.2 Å². The highest BCUT2D eigenvalue weighted by molar-refractivity contribution is 5.67. The molecule has 0 saturated carbocycles. The van der Waals surface area contributed by atoms with Crippen LogP contribution in [0, 0.1) is 18.3 Å². The molecule has 1 rings (SSSR count). The molecule has 0 spiro atoms. The Kier molecular flexibility index (Phi) is 4.34. The summed E-state index contributed by atoms with van der Waals surface area (Å²) in [6, 6.07) is 9.72. The molecule has 1 aromatic carbocycles. The number of nitrogens with zero attached hydrogens (tertiary/aromatic N) is 2. The van der Waals surface area contributed by atoms with E-state index in [-0.39, 0.29) is 13.0 Å². The third-order valence-corrected chi connectivity index (χ3v) is 2.26. The molecule has 0 atom stereocenters. The summed E-state index contributed by atoms with van der Waals surface area (Å²) in [5.74, 6) is -0.852. The smallest absolute Gasteiger partial charge is 0.305 e. The van der Waals surface area contributed by atoms with Gasteiger partial charge in [-0.05, 0) is 19.1 Å². The van der Waals surface area contributed by atoms with Gasteiger partial charge in [-0.2, -0.15) is 5.26 Å². The van der Waals surface area contributed by atoms with Gasteiger partial charge in [-0.25, -0.2) is 0 Å². The van der Waals surface area contributed by atoms with Gasteiger partial charge >= 0.3 is 5.97 Å². The van der Waals surface area contributed by atoms with Gasteiger partial charge in [-0.3, -0.25) is 4.79 Å². The van der Waals surface area contributed by atoms with Crippen LogP contribution in [-0.2, 0) is 4.79 Å². The van der Waals surface area contributed by atoms with Gasteiger partial charge in [0, 0.05) is 12.2 Å². The molecular formula is C12H14N2O2. The summed E-state index contributed by atoms with van der Waals surface area (Å²) in [6.45, 7) is 2.54. The predicted octanol–water partition coefficient (Wildman–Crippen LogP) is 1.80. The molecule has 0 radical (unpaired) electrons. The van der Waals surface area contributed by atoms with Crippen LogP contribution in [0.2, 0.25) is 0 Å². The van der Waals surface area contributed by atoms with Crippen molar-refractivity contribution in [2.45, 2.75) is 13.3 Å². The zero-order valence-corrected chi connectivity index (χ0v) is 9.18. The van der Waals surface area contributed by atoms with Crippen LogP contribution in [0.3, 0.4) is 0 Å². The van der Waals surface area contributed by atoms with E-state index in [1.807, 2.05) is 37.3 Å². The Morgan fingerprint density at radius 3 is 2.56 bits per heavy atom. The van der Waals surface area contributed by atoms with Crippen molar-refractivity contribution in [2.24, 2.45) is 0 Å². The number of anilines is 1. The van der Waals surface area contributed by atoms with E-state index < -0.39 is 5.97 Å². The van der Waals surface area contributed by atoms with E-state index >= 15 is 0 Å². The molecule has 0 unspecified atom stereocenters. The van der Waals surface area contributed by atoms with E-state index in [1.165, 1.54) is 0 Å². The first kappa shape index (κ1) is 12.1. The van der Waals surface area contributed by atoms with E-state index in [0.29, 0.717) is 6.54 Å². The molecule has 0 aliphatic carbocycles. The maximum absolute atomic E-state index is 10.5. The summed E-state index contributed by atoms with van der Waals surface area (Å²) >= 11 is 0. The van der Waals surface area contributed by atoms with Crippen LogP contribution in [0.25, 0.3) is 0 Å². The van der Waals surface area contributed by atoms with Crippen LogP contribution >= 0.6 is 0 Å². The van der Waals surface area contributed by atoms with Crippen LogP contribution in [0.5, 0.6) is 0 Å². The third-order valence-electron chi connectivity index (χ3n) is 2.26. The lowest BCUT2D eigenvalue weighted by atomic mass is 10.2. The first-order valence-corrected chi connectivity index (χ1v) is 5.04. The molecule has 0 aliphatic heterocycles. The van der Waals surface area contributed by atoms with Crippen LogP contribution in [0.15, 0.2) is 24.3 Å². The Hall–Kier alpha value is -2.02. The quantitative estimate of drug-likeness (QED) is 0.765. The van der Waals surface area contributed by atoms with Crippen molar-refractivity contribution < 1.29 is 9.90 Å². The molecule has 0 saturated heterocycles. The molecule has 0 aromatic heterocycles. The van der Waals surface area contributed by atoms with E-state index in [2.05, 4.69) is 0 Å². The topological polar surface area (TPSA) is 64.3 Å². The third kappa shape index (κ3) is 3.62. The van der Waals surface area contributed by atoms with Crippen LogP contribution < -0.4 is 4.90 Å². The highest BCUT2D eigenvalue weighted by Gasteiger charge is 2.07.